The van der Waals surface area contributed by atoms with Crippen molar-refractivity contribution in [2.24, 2.45) is 0 Å². The summed E-state index contributed by atoms with van der Waals surface area (Å²) < 4.78 is 42.3. The van der Waals surface area contributed by atoms with Crippen LogP contribution in [0.4, 0.5) is 0 Å². The lowest BCUT2D eigenvalue weighted by Gasteiger charge is -2.27. The van der Waals surface area contributed by atoms with E-state index in [1.165, 1.54) is 0 Å². The fourth-order valence-corrected chi connectivity index (χ4v) is 5.84. The Bertz CT molecular complexity index is 2220. The first kappa shape index (κ1) is 41.9. The minimum absolute atomic E-state index is 0.0788. The van der Waals surface area contributed by atoms with Crippen molar-refractivity contribution >= 4 is 11.9 Å². The molecule has 0 spiro atoms. The zero-order valence-electron chi connectivity index (χ0n) is 34.1. The SMILES string of the molecule is C=C(C(=O)OC(C)(C)C)C(OC(C(=C)C(=O)OC(C)(C)C)c1cc(-c2ccccc2OCc2ccccc2)no1)c1cc(-c2ccccc2OCc2ccccc2)no1. The van der Waals surface area contributed by atoms with Gasteiger partial charge >= 0.3 is 11.9 Å². The molecule has 2 unspecified atom stereocenters. The van der Waals surface area contributed by atoms with Gasteiger partial charge in [-0.2, -0.15) is 0 Å². The summed E-state index contributed by atoms with van der Waals surface area (Å²) in [5.41, 5.74) is 1.99. The second kappa shape index (κ2) is 18.3. The molecule has 4 aromatic carbocycles. The first-order chi connectivity index (χ1) is 28.1. The molecule has 2 aromatic heterocycles. The predicted molar refractivity (Wildman–Crippen MR) is 222 cm³/mol. The number of nitrogens with zero attached hydrogens (tertiary/aromatic N) is 2. The van der Waals surface area contributed by atoms with Crippen LogP contribution < -0.4 is 9.47 Å². The molecule has 304 valence electrons. The molecule has 11 nitrogen and oxygen atoms in total. The Balaban J connectivity index is 1.37. The van der Waals surface area contributed by atoms with Gasteiger partial charge in [0.1, 0.15) is 47.3 Å². The van der Waals surface area contributed by atoms with Crippen molar-refractivity contribution in [3.8, 4) is 34.0 Å². The van der Waals surface area contributed by atoms with E-state index in [9.17, 15) is 9.59 Å². The van der Waals surface area contributed by atoms with E-state index in [4.69, 9.17) is 32.7 Å². The highest BCUT2D eigenvalue weighted by Crippen LogP contribution is 2.41. The summed E-state index contributed by atoms with van der Waals surface area (Å²) >= 11 is 0. The van der Waals surface area contributed by atoms with Crippen molar-refractivity contribution in [1.82, 2.24) is 10.3 Å². The average Bonchev–Trinajstić information content (AvgIpc) is 3.90. The van der Waals surface area contributed by atoms with Crippen molar-refractivity contribution in [3.05, 3.63) is 168 Å². The largest absolute Gasteiger partial charge is 0.488 e. The number of carbonyl (C=O) groups excluding carboxylic acids is 2. The van der Waals surface area contributed by atoms with Crippen LogP contribution in [0.3, 0.4) is 0 Å². The van der Waals surface area contributed by atoms with Gasteiger partial charge in [0.15, 0.2) is 23.7 Å². The molecule has 2 atom stereocenters. The summed E-state index contributed by atoms with van der Waals surface area (Å²) in [6.45, 7) is 19.2. The lowest BCUT2D eigenvalue weighted by Crippen LogP contribution is -2.29. The number of hydrogen-bond acceptors (Lipinski definition) is 11. The van der Waals surface area contributed by atoms with Gasteiger partial charge in [-0.1, -0.05) is 108 Å². The highest BCUT2D eigenvalue weighted by Gasteiger charge is 2.37. The van der Waals surface area contributed by atoms with E-state index in [-0.39, 0.29) is 22.7 Å². The molecule has 0 aliphatic carbocycles. The third kappa shape index (κ3) is 11.2. The number of para-hydroxylation sites is 2. The smallest absolute Gasteiger partial charge is 0.337 e. The van der Waals surface area contributed by atoms with Gasteiger partial charge < -0.3 is 32.7 Å². The number of esters is 2. The molecule has 0 saturated heterocycles. The van der Waals surface area contributed by atoms with Crippen LogP contribution in [0.25, 0.3) is 22.5 Å². The van der Waals surface area contributed by atoms with E-state index in [1.807, 2.05) is 109 Å². The van der Waals surface area contributed by atoms with E-state index >= 15 is 0 Å². The Hall–Kier alpha value is -6.72. The van der Waals surface area contributed by atoms with E-state index in [0.29, 0.717) is 47.2 Å². The molecule has 0 radical (unpaired) electrons. The number of aromatic nitrogens is 2. The molecule has 0 fully saturated rings. The van der Waals surface area contributed by atoms with Crippen molar-refractivity contribution < 1.29 is 42.3 Å². The number of benzene rings is 4. The maximum absolute atomic E-state index is 13.7. The summed E-state index contributed by atoms with van der Waals surface area (Å²) in [6, 6.07) is 37.5. The van der Waals surface area contributed by atoms with Crippen molar-refractivity contribution in [1.29, 1.82) is 0 Å². The second-order valence-corrected chi connectivity index (χ2v) is 15.7. The Morgan fingerprint density at radius 2 is 0.915 bits per heavy atom. The van der Waals surface area contributed by atoms with Crippen LogP contribution in [0, 0.1) is 0 Å². The number of ether oxygens (including phenoxy) is 5. The first-order valence-corrected chi connectivity index (χ1v) is 19.1. The Kier molecular flexibility index (Phi) is 13.0. The number of carbonyl (C=O) groups is 2. The van der Waals surface area contributed by atoms with Crippen molar-refractivity contribution in [3.63, 3.8) is 0 Å². The quantitative estimate of drug-likeness (QED) is 0.0684. The topological polar surface area (TPSA) is 132 Å². The van der Waals surface area contributed by atoms with Gasteiger partial charge in [-0.25, -0.2) is 9.59 Å². The third-order valence-corrected chi connectivity index (χ3v) is 8.60. The fraction of sp³-hybridized carbons (Fsp3) is 0.250. The molecule has 2 heterocycles. The summed E-state index contributed by atoms with van der Waals surface area (Å²) in [5.74, 6) is -0.269. The van der Waals surface area contributed by atoms with E-state index in [1.54, 1.807) is 53.7 Å². The van der Waals surface area contributed by atoms with Gasteiger partial charge in [0, 0.05) is 23.3 Å². The van der Waals surface area contributed by atoms with Crippen LogP contribution in [0.1, 0.15) is 76.4 Å². The van der Waals surface area contributed by atoms with E-state index < -0.39 is 35.3 Å². The van der Waals surface area contributed by atoms with Gasteiger partial charge in [0.05, 0.1) is 11.1 Å². The van der Waals surface area contributed by atoms with Crippen molar-refractivity contribution in [2.45, 2.75) is 78.2 Å². The molecule has 0 aliphatic rings. The molecule has 0 N–H and O–H groups in total. The molecule has 6 rings (SSSR count). The van der Waals surface area contributed by atoms with Crippen LogP contribution in [0.2, 0.25) is 0 Å². The van der Waals surface area contributed by atoms with E-state index in [0.717, 1.165) is 11.1 Å². The summed E-state index contributed by atoms with van der Waals surface area (Å²) in [5, 5.41) is 8.70. The number of hydrogen-bond donors (Lipinski definition) is 0. The predicted octanol–water partition coefficient (Wildman–Crippen LogP) is 10.7. The van der Waals surface area contributed by atoms with Crippen LogP contribution >= 0.6 is 0 Å². The molecular weight excluding hydrogens is 749 g/mol. The molecule has 0 saturated carbocycles. The zero-order chi connectivity index (χ0) is 42.2. The third-order valence-electron chi connectivity index (χ3n) is 8.60. The highest BCUT2D eigenvalue weighted by atomic mass is 16.6. The van der Waals surface area contributed by atoms with Gasteiger partial charge in [0.2, 0.25) is 0 Å². The first-order valence-electron chi connectivity index (χ1n) is 19.1. The minimum atomic E-state index is -1.37. The fourth-order valence-electron chi connectivity index (χ4n) is 5.84. The van der Waals surface area contributed by atoms with Crippen LogP contribution in [-0.4, -0.2) is 33.5 Å². The molecule has 59 heavy (non-hydrogen) atoms. The maximum Gasteiger partial charge on any atom is 0.337 e. The monoisotopic (exact) mass is 796 g/mol. The molecule has 0 aliphatic heterocycles. The summed E-state index contributed by atoms with van der Waals surface area (Å²) in [4.78, 5) is 27.4. The number of rotatable bonds is 16. The molecule has 6 aromatic rings. The minimum Gasteiger partial charge on any atom is -0.488 e. The lowest BCUT2D eigenvalue weighted by molar-refractivity contribution is -0.153. The molecule has 11 heteroatoms. The zero-order valence-corrected chi connectivity index (χ0v) is 34.1. The molecule has 0 amide bonds. The van der Waals surface area contributed by atoms with Crippen molar-refractivity contribution in [2.75, 3.05) is 0 Å². The average molecular weight is 797 g/mol. The van der Waals surface area contributed by atoms with E-state index in [2.05, 4.69) is 23.5 Å². The highest BCUT2D eigenvalue weighted by molar-refractivity contribution is 5.90. The Labute approximate surface area is 344 Å². The summed E-state index contributed by atoms with van der Waals surface area (Å²) in [6.07, 6.45) is -2.74. The lowest BCUT2D eigenvalue weighted by atomic mass is 10.0. The van der Waals surface area contributed by atoms with Gasteiger partial charge in [-0.05, 0) is 76.9 Å². The molecule has 0 bridgehead atoms. The maximum atomic E-state index is 13.7. The van der Waals surface area contributed by atoms with Gasteiger partial charge in [-0.3, -0.25) is 0 Å². The second-order valence-electron chi connectivity index (χ2n) is 15.7. The van der Waals surface area contributed by atoms with Gasteiger partial charge in [-0.15, -0.1) is 0 Å². The standard InChI is InChI=1S/C48H48N2O9/c1-31(45(51)56-47(3,4)5)43(41-27-37(49-58-41)35-23-15-17-25-39(35)53-29-33-19-11-9-12-20-33)55-44(32(2)46(52)57-48(6,7)8)42-28-38(50-59-42)36-24-16-18-26-40(36)54-30-34-21-13-10-14-22-34/h9-28,43-44H,1-2,29-30H2,3-8H3. The van der Waals surface area contributed by atoms with Crippen LogP contribution in [-0.2, 0) is 37.0 Å². The van der Waals surface area contributed by atoms with Gasteiger partial charge in [0.25, 0.3) is 0 Å². The normalized spacial score (nSPS) is 12.6. The van der Waals surface area contributed by atoms with Crippen LogP contribution in [0.5, 0.6) is 11.5 Å². The Morgan fingerprint density at radius 3 is 1.29 bits per heavy atom. The molecular formula is C48H48N2O9. The van der Waals surface area contributed by atoms with Crippen LogP contribution in [0.15, 0.2) is 155 Å². The summed E-state index contributed by atoms with van der Waals surface area (Å²) in [7, 11) is 0. The Morgan fingerprint density at radius 1 is 0.559 bits per heavy atom.